The molecule has 0 radical (unpaired) electrons. The third kappa shape index (κ3) is 1.74. The van der Waals surface area contributed by atoms with Crippen LogP contribution in [0.25, 0.3) is 0 Å². The number of nitrogens with zero attached hydrogens (tertiary/aromatic N) is 2. The number of rotatable bonds is 2. The van der Waals surface area contributed by atoms with Crippen molar-refractivity contribution in [3.05, 3.63) is 11.8 Å². The minimum Gasteiger partial charge on any atom is -0.309 e. The average Bonchev–Trinajstić information content (AvgIpc) is 2.99. The number of nitrogens with one attached hydrogen (secondary N) is 2. The van der Waals surface area contributed by atoms with Gasteiger partial charge in [0.2, 0.25) is 5.91 Å². The number of anilines is 1. The number of fused-ring (bicyclic) bond motifs is 1. The van der Waals surface area contributed by atoms with Crippen molar-refractivity contribution < 1.29 is 4.79 Å². The number of aromatic nitrogens is 2. The molecule has 80 valence electrons. The molecule has 0 atom stereocenters. The molecule has 1 saturated carbocycles. The zero-order valence-electron chi connectivity index (χ0n) is 8.49. The van der Waals surface area contributed by atoms with Crippen molar-refractivity contribution in [1.82, 2.24) is 15.1 Å². The monoisotopic (exact) mass is 206 g/mol. The SMILES string of the molecule is O=C(Nc1cc2n(n1)CCNC2)C1CC1. The Bertz CT molecular complexity index is 371. The summed E-state index contributed by atoms with van der Waals surface area (Å²) in [5.74, 6) is 1.06. The molecular formula is C10H14N4O. The highest BCUT2D eigenvalue weighted by Gasteiger charge is 2.30. The van der Waals surface area contributed by atoms with E-state index in [1.54, 1.807) is 0 Å². The van der Waals surface area contributed by atoms with Gasteiger partial charge >= 0.3 is 0 Å². The molecule has 0 saturated heterocycles. The van der Waals surface area contributed by atoms with Gasteiger partial charge in [-0.25, -0.2) is 0 Å². The molecule has 0 spiro atoms. The molecule has 1 amide bonds. The van der Waals surface area contributed by atoms with Crippen LogP contribution in [0.5, 0.6) is 0 Å². The van der Waals surface area contributed by atoms with E-state index in [-0.39, 0.29) is 11.8 Å². The molecule has 15 heavy (non-hydrogen) atoms. The molecule has 0 aromatic carbocycles. The Kier molecular flexibility index (Phi) is 1.98. The summed E-state index contributed by atoms with van der Waals surface area (Å²) < 4.78 is 1.96. The van der Waals surface area contributed by atoms with Crippen LogP contribution in [0.2, 0.25) is 0 Å². The number of hydrogen-bond donors (Lipinski definition) is 2. The van der Waals surface area contributed by atoms with E-state index >= 15 is 0 Å². The standard InChI is InChI=1S/C10H14N4O/c15-10(7-1-2-7)12-9-5-8-6-11-3-4-14(8)13-9/h5,7,11H,1-4,6H2,(H,12,13,15). The Morgan fingerprint density at radius 2 is 2.47 bits per heavy atom. The van der Waals surface area contributed by atoms with Crippen molar-refractivity contribution in [1.29, 1.82) is 0 Å². The topological polar surface area (TPSA) is 59.0 Å². The second kappa shape index (κ2) is 3.34. The predicted octanol–water partition coefficient (Wildman–Crippen LogP) is 0.335. The lowest BCUT2D eigenvalue weighted by Crippen LogP contribution is -2.28. The van der Waals surface area contributed by atoms with Crippen LogP contribution in [0.1, 0.15) is 18.5 Å². The number of hydrogen-bond acceptors (Lipinski definition) is 3. The fraction of sp³-hybridized carbons (Fsp3) is 0.600. The zero-order chi connectivity index (χ0) is 10.3. The Balaban J connectivity index is 1.74. The minimum atomic E-state index is 0.124. The summed E-state index contributed by atoms with van der Waals surface area (Å²) in [7, 11) is 0. The van der Waals surface area contributed by atoms with Crippen LogP contribution in [0.15, 0.2) is 6.07 Å². The summed E-state index contributed by atoms with van der Waals surface area (Å²) in [5, 5.41) is 10.5. The van der Waals surface area contributed by atoms with Crippen LogP contribution >= 0.6 is 0 Å². The van der Waals surface area contributed by atoms with E-state index in [4.69, 9.17) is 0 Å². The van der Waals surface area contributed by atoms with Crippen molar-refractivity contribution in [3.63, 3.8) is 0 Å². The van der Waals surface area contributed by atoms with Gasteiger partial charge in [0.25, 0.3) is 0 Å². The molecule has 2 aliphatic rings. The maximum absolute atomic E-state index is 11.5. The van der Waals surface area contributed by atoms with Crippen LogP contribution in [0, 0.1) is 5.92 Å². The van der Waals surface area contributed by atoms with E-state index in [0.717, 1.165) is 38.2 Å². The highest BCUT2D eigenvalue weighted by atomic mass is 16.2. The summed E-state index contributed by atoms with van der Waals surface area (Å²) in [6.45, 7) is 2.67. The first-order valence-electron chi connectivity index (χ1n) is 5.41. The van der Waals surface area contributed by atoms with Crippen molar-refractivity contribution in [3.8, 4) is 0 Å². The lowest BCUT2D eigenvalue weighted by molar-refractivity contribution is -0.117. The molecule has 2 heterocycles. The van der Waals surface area contributed by atoms with E-state index in [9.17, 15) is 4.79 Å². The van der Waals surface area contributed by atoms with E-state index in [0.29, 0.717) is 5.82 Å². The van der Waals surface area contributed by atoms with Gasteiger partial charge in [-0.1, -0.05) is 0 Å². The molecule has 1 aliphatic carbocycles. The quantitative estimate of drug-likeness (QED) is 0.733. The lowest BCUT2D eigenvalue weighted by Gasteiger charge is -2.13. The van der Waals surface area contributed by atoms with Gasteiger partial charge in [0.15, 0.2) is 5.82 Å². The molecule has 3 rings (SSSR count). The lowest BCUT2D eigenvalue weighted by atomic mass is 10.3. The van der Waals surface area contributed by atoms with Gasteiger partial charge in [-0.2, -0.15) is 5.10 Å². The van der Waals surface area contributed by atoms with Gasteiger partial charge in [-0.15, -0.1) is 0 Å². The average molecular weight is 206 g/mol. The fourth-order valence-electron chi connectivity index (χ4n) is 1.83. The number of carbonyl (C=O) groups excluding carboxylic acids is 1. The van der Waals surface area contributed by atoms with Crippen LogP contribution in [-0.4, -0.2) is 22.2 Å². The summed E-state index contributed by atoms with van der Waals surface area (Å²) in [5.41, 5.74) is 1.15. The second-order valence-electron chi connectivity index (χ2n) is 4.18. The Morgan fingerprint density at radius 3 is 3.20 bits per heavy atom. The normalized spacial score (nSPS) is 19.7. The van der Waals surface area contributed by atoms with Crippen molar-refractivity contribution in [2.45, 2.75) is 25.9 Å². The zero-order valence-corrected chi connectivity index (χ0v) is 8.49. The van der Waals surface area contributed by atoms with E-state index < -0.39 is 0 Å². The largest absolute Gasteiger partial charge is 0.309 e. The minimum absolute atomic E-state index is 0.124. The second-order valence-corrected chi connectivity index (χ2v) is 4.18. The smallest absolute Gasteiger partial charge is 0.228 e. The predicted molar refractivity (Wildman–Crippen MR) is 55.3 cm³/mol. The van der Waals surface area contributed by atoms with Crippen LogP contribution < -0.4 is 10.6 Å². The van der Waals surface area contributed by atoms with Gasteiger partial charge in [0.05, 0.1) is 12.2 Å². The summed E-state index contributed by atoms with van der Waals surface area (Å²) >= 11 is 0. The third-order valence-electron chi connectivity index (χ3n) is 2.87. The van der Waals surface area contributed by atoms with Gasteiger partial charge in [-0.05, 0) is 12.8 Å². The summed E-state index contributed by atoms with van der Waals surface area (Å²) in [4.78, 5) is 11.5. The first kappa shape index (κ1) is 8.91. The highest BCUT2D eigenvalue weighted by Crippen LogP contribution is 2.30. The van der Waals surface area contributed by atoms with Crippen molar-refractivity contribution >= 4 is 11.7 Å². The maximum atomic E-state index is 11.5. The van der Waals surface area contributed by atoms with Gasteiger partial charge in [-0.3, -0.25) is 9.48 Å². The third-order valence-corrected chi connectivity index (χ3v) is 2.87. The summed E-state index contributed by atoms with van der Waals surface area (Å²) in [6, 6.07) is 1.95. The molecule has 5 heteroatoms. The Labute approximate surface area is 87.8 Å². The first-order valence-corrected chi connectivity index (χ1v) is 5.41. The van der Waals surface area contributed by atoms with E-state index in [1.165, 1.54) is 0 Å². The van der Waals surface area contributed by atoms with E-state index in [2.05, 4.69) is 15.7 Å². The molecule has 2 N–H and O–H groups in total. The molecule has 0 bridgehead atoms. The van der Waals surface area contributed by atoms with Gasteiger partial charge < -0.3 is 10.6 Å². The van der Waals surface area contributed by atoms with Crippen LogP contribution in [-0.2, 0) is 17.9 Å². The van der Waals surface area contributed by atoms with Gasteiger partial charge in [0.1, 0.15) is 0 Å². The highest BCUT2D eigenvalue weighted by molar-refractivity contribution is 5.93. The van der Waals surface area contributed by atoms with Crippen LogP contribution in [0.3, 0.4) is 0 Å². The summed E-state index contributed by atoms with van der Waals surface area (Å²) in [6.07, 6.45) is 2.06. The molecule has 5 nitrogen and oxygen atoms in total. The molecule has 1 aromatic heterocycles. The number of carbonyl (C=O) groups is 1. The molecule has 0 unspecified atom stereocenters. The Morgan fingerprint density at radius 1 is 1.60 bits per heavy atom. The van der Waals surface area contributed by atoms with Crippen molar-refractivity contribution in [2.75, 3.05) is 11.9 Å². The van der Waals surface area contributed by atoms with E-state index in [1.807, 2.05) is 10.7 Å². The van der Waals surface area contributed by atoms with Gasteiger partial charge in [0, 0.05) is 25.1 Å². The van der Waals surface area contributed by atoms with Crippen LogP contribution in [0.4, 0.5) is 5.82 Å². The molecule has 1 aromatic rings. The molecular weight excluding hydrogens is 192 g/mol. The fourth-order valence-corrected chi connectivity index (χ4v) is 1.83. The molecule has 1 aliphatic heterocycles. The van der Waals surface area contributed by atoms with Crippen molar-refractivity contribution in [2.24, 2.45) is 5.92 Å². The number of amides is 1. The first-order chi connectivity index (χ1) is 7.33. The molecule has 1 fully saturated rings. The maximum Gasteiger partial charge on any atom is 0.228 e. The Hall–Kier alpha value is -1.36.